The molecule has 0 unspecified atom stereocenters. The van der Waals surface area contributed by atoms with E-state index in [-0.39, 0.29) is 17.4 Å². The minimum atomic E-state index is -0.468. The van der Waals surface area contributed by atoms with Crippen LogP contribution >= 0.6 is 0 Å². The molecule has 1 fully saturated rings. The molecule has 0 aliphatic heterocycles. The Kier molecular flexibility index (Phi) is 4.50. The number of H-pyrrole nitrogens is 1. The van der Waals surface area contributed by atoms with Crippen molar-refractivity contribution in [2.75, 3.05) is 0 Å². The number of aromatic amines is 1. The molecule has 22 heavy (non-hydrogen) atoms. The van der Waals surface area contributed by atoms with Gasteiger partial charge in [-0.2, -0.15) is 0 Å². The van der Waals surface area contributed by atoms with Crippen LogP contribution in [0.4, 0.5) is 0 Å². The van der Waals surface area contributed by atoms with E-state index in [2.05, 4.69) is 10.3 Å². The van der Waals surface area contributed by atoms with E-state index in [0.29, 0.717) is 0 Å². The number of carbonyl (C=O) groups is 1. The Morgan fingerprint density at radius 2 is 1.73 bits per heavy atom. The van der Waals surface area contributed by atoms with E-state index in [4.69, 9.17) is 0 Å². The summed E-state index contributed by atoms with van der Waals surface area (Å²) in [5, 5.41) is 13.3. The molecule has 1 heterocycles. The summed E-state index contributed by atoms with van der Waals surface area (Å²) in [5.74, 6) is -0.538. The standard InChI is InChI=1S/C17H24N2O3/c20-15-12-9-5-6-10-13(12)19-17(22)14(15)16(21)18-11-7-3-1-2-4-8-11/h11H,1-10H2,(H,18,21)(H2,19,20,22). The molecule has 1 aromatic rings. The predicted octanol–water partition coefficient (Wildman–Crippen LogP) is 2.41. The van der Waals surface area contributed by atoms with E-state index < -0.39 is 11.5 Å². The maximum Gasteiger partial charge on any atom is 0.264 e. The van der Waals surface area contributed by atoms with Gasteiger partial charge in [0.05, 0.1) is 0 Å². The van der Waals surface area contributed by atoms with Gasteiger partial charge in [0.1, 0.15) is 11.3 Å². The van der Waals surface area contributed by atoms with Crippen LogP contribution in [0.15, 0.2) is 4.79 Å². The molecule has 0 atom stereocenters. The summed E-state index contributed by atoms with van der Waals surface area (Å²) in [5.41, 5.74) is 0.964. The molecule has 0 saturated heterocycles. The van der Waals surface area contributed by atoms with Gasteiger partial charge in [-0.15, -0.1) is 0 Å². The van der Waals surface area contributed by atoms with Gasteiger partial charge in [-0.3, -0.25) is 9.59 Å². The SMILES string of the molecule is O=C(NC1CCCCCC1)c1c(O)c2c([nH]c1=O)CCCC2. The zero-order chi connectivity index (χ0) is 15.5. The molecule has 5 nitrogen and oxygen atoms in total. The van der Waals surface area contributed by atoms with E-state index >= 15 is 0 Å². The average molecular weight is 304 g/mol. The fourth-order valence-corrected chi connectivity index (χ4v) is 3.65. The Hall–Kier alpha value is -1.78. The smallest absolute Gasteiger partial charge is 0.264 e. The van der Waals surface area contributed by atoms with Gasteiger partial charge in [-0.25, -0.2) is 0 Å². The van der Waals surface area contributed by atoms with Crippen molar-refractivity contribution in [3.8, 4) is 5.75 Å². The lowest BCUT2D eigenvalue weighted by Gasteiger charge is -2.20. The number of hydrogen-bond donors (Lipinski definition) is 3. The van der Waals surface area contributed by atoms with Crippen molar-refractivity contribution in [1.29, 1.82) is 0 Å². The Morgan fingerprint density at radius 3 is 2.45 bits per heavy atom. The van der Waals surface area contributed by atoms with Gasteiger partial charge in [0.25, 0.3) is 11.5 Å². The molecule has 1 aromatic heterocycles. The van der Waals surface area contributed by atoms with E-state index in [9.17, 15) is 14.7 Å². The summed E-state index contributed by atoms with van der Waals surface area (Å²) in [4.78, 5) is 27.4. The zero-order valence-corrected chi connectivity index (χ0v) is 12.9. The maximum absolute atomic E-state index is 12.5. The molecule has 0 spiro atoms. The Bertz CT molecular complexity index is 613. The molecule has 120 valence electrons. The number of fused-ring (bicyclic) bond motifs is 1. The third-order valence-electron chi connectivity index (χ3n) is 4.90. The lowest BCUT2D eigenvalue weighted by Crippen LogP contribution is -2.38. The molecule has 3 rings (SSSR count). The normalized spacial score (nSPS) is 19.3. The first-order valence-electron chi connectivity index (χ1n) is 8.44. The highest BCUT2D eigenvalue weighted by atomic mass is 16.3. The maximum atomic E-state index is 12.5. The first-order chi connectivity index (χ1) is 10.7. The predicted molar refractivity (Wildman–Crippen MR) is 84.3 cm³/mol. The Morgan fingerprint density at radius 1 is 1.05 bits per heavy atom. The van der Waals surface area contributed by atoms with Crippen molar-refractivity contribution in [3.63, 3.8) is 0 Å². The monoisotopic (exact) mass is 304 g/mol. The summed E-state index contributed by atoms with van der Waals surface area (Å²) < 4.78 is 0. The highest BCUT2D eigenvalue weighted by molar-refractivity contribution is 5.97. The Labute approximate surface area is 130 Å². The van der Waals surface area contributed by atoms with Crippen molar-refractivity contribution >= 4 is 5.91 Å². The summed E-state index contributed by atoms with van der Waals surface area (Å²) in [6.07, 6.45) is 10.0. The van der Waals surface area contributed by atoms with Gasteiger partial charge in [0.15, 0.2) is 0 Å². The van der Waals surface area contributed by atoms with Crippen molar-refractivity contribution in [2.45, 2.75) is 70.3 Å². The van der Waals surface area contributed by atoms with Crippen LogP contribution in [-0.2, 0) is 12.8 Å². The van der Waals surface area contributed by atoms with Gasteiger partial charge in [0, 0.05) is 17.3 Å². The summed E-state index contributed by atoms with van der Waals surface area (Å²) in [6, 6.07) is 0.116. The molecule has 0 bridgehead atoms. The third kappa shape index (κ3) is 3.03. The second-order valence-electron chi connectivity index (χ2n) is 6.50. The van der Waals surface area contributed by atoms with Crippen LogP contribution in [0.5, 0.6) is 5.75 Å². The molecule has 1 amide bonds. The summed E-state index contributed by atoms with van der Waals surface area (Å²) in [7, 11) is 0. The topological polar surface area (TPSA) is 82.2 Å². The first-order valence-corrected chi connectivity index (χ1v) is 8.44. The number of carbonyl (C=O) groups excluding carboxylic acids is 1. The number of nitrogens with one attached hydrogen (secondary N) is 2. The van der Waals surface area contributed by atoms with E-state index in [0.717, 1.165) is 62.6 Å². The van der Waals surface area contributed by atoms with Gasteiger partial charge >= 0.3 is 0 Å². The van der Waals surface area contributed by atoms with Gasteiger partial charge in [0.2, 0.25) is 0 Å². The summed E-state index contributed by atoms with van der Waals surface area (Å²) in [6.45, 7) is 0. The second-order valence-corrected chi connectivity index (χ2v) is 6.50. The number of aromatic nitrogens is 1. The number of aryl methyl sites for hydroxylation is 1. The van der Waals surface area contributed by atoms with Crippen LogP contribution in [0, 0.1) is 0 Å². The van der Waals surface area contributed by atoms with E-state index in [1.54, 1.807) is 0 Å². The zero-order valence-electron chi connectivity index (χ0n) is 12.9. The summed E-state index contributed by atoms with van der Waals surface area (Å²) >= 11 is 0. The number of hydrogen-bond acceptors (Lipinski definition) is 3. The lowest BCUT2D eigenvalue weighted by atomic mass is 9.93. The van der Waals surface area contributed by atoms with E-state index in [1.165, 1.54) is 12.8 Å². The van der Waals surface area contributed by atoms with Gasteiger partial charge < -0.3 is 15.4 Å². The molecule has 2 aliphatic carbocycles. The molecule has 0 aromatic carbocycles. The lowest BCUT2D eigenvalue weighted by molar-refractivity contribution is 0.0928. The third-order valence-corrected chi connectivity index (χ3v) is 4.90. The van der Waals surface area contributed by atoms with Crippen LogP contribution in [0.25, 0.3) is 0 Å². The quantitative estimate of drug-likeness (QED) is 0.734. The second kappa shape index (κ2) is 6.55. The molecular formula is C17H24N2O3. The first kappa shape index (κ1) is 15.1. The van der Waals surface area contributed by atoms with Crippen molar-refractivity contribution in [2.24, 2.45) is 0 Å². The highest BCUT2D eigenvalue weighted by Crippen LogP contribution is 2.28. The number of amides is 1. The fourth-order valence-electron chi connectivity index (χ4n) is 3.65. The molecule has 5 heteroatoms. The number of rotatable bonds is 2. The molecule has 1 saturated carbocycles. The average Bonchev–Trinajstić information content (AvgIpc) is 2.76. The molecule has 3 N–H and O–H groups in total. The minimum absolute atomic E-state index is 0.107. The van der Waals surface area contributed by atoms with Crippen LogP contribution in [0.3, 0.4) is 0 Å². The van der Waals surface area contributed by atoms with Crippen molar-refractivity contribution in [1.82, 2.24) is 10.3 Å². The Balaban J connectivity index is 1.84. The van der Waals surface area contributed by atoms with Crippen LogP contribution in [-0.4, -0.2) is 22.0 Å². The highest BCUT2D eigenvalue weighted by Gasteiger charge is 2.25. The van der Waals surface area contributed by atoms with E-state index in [1.807, 2.05) is 0 Å². The van der Waals surface area contributed by atoms with Gasteiger partial charge in [-0.05, 0) is 38.5 Å². The molecule has 2 aliphatic rings. The number of aromatic hydroxyl groups is 1. The largest absolute Gasteiger partial charge is 0.507 e. The van der Waals surface area contributed by atoms with Crippen molar-refractivity contribution in [3.05, 3.63) is 27.2 Å². The van der Waals surface area contributed by atoms with Crippen LogP contribution in [0.1, 0.15) is 73.0 Å². The van der Waals surface area contributed by atoms with Crippen molar-refractivity contribution < 1.29 is 9.90 Å². The van der Waals surface area contributed by atoms with Gasteiger partial charge in [-0.1, -0.05) is 25.7 Å². The van der Waals surface area contributed by atoms with Crippen LogP contribution < -0.4 is 10.9 Å². The minimum Gasteiger partial charge on any atom is -0.507 e. The fraction of sp³-hybridized carbons (Fsp3) is 0.647. The number of pyridine rings is 1. The molecule has 0 radical (unpaired) electrons. The van der Waals surface area contributed by atoms with Crippen LogP contribution in [0.2, 0.25) is 0 Å². The molecular weight excluding hydrogens is 280 g/mol.